The number of carboxylic acid groups (broad SMARTS) is 1. The van der Waals surface area contributed by atoms with E-state index in [0.29, 0.717) is 22.5 Å². The van der Waals surface area contributed by atoms with E-state index in [0.717, 1.165) is 16.5 Å². The molecule has 0 aromatic heterocycles. The molecule has 1 aliphatic rings. The topological polar surface area (TPSA) is 57.6 Å². The Morgan fingerprint density at radius 3 is 2.61 bits per heavy atom. The number of rotatable bonds is 3. The summed E-state index contributed by atoms with van der Waals surface area (Å²) in [4.78, 5) is 26.5. The summed E-state index contributed by atoms with van der Waals surface area (Å²) in [6.07, 6.45) is 3.03. The number of hydrogen-bond acceptors (Lipinski definition) is 3. The number of benzene rings is 2. The number of carbonyl (C=O) groups is 2. The highest BCUT2D eigenvalue weighted by Gasteiger charge is 2.34. The fraction of sp³-hybridized carbons (Fsp3) is 0.111. The van der Waals surface area contributed by atoms with Crippen molar-refractivity contribution >= 4 is 35.0 Å². The first-order valence-electron chi connectivity index (χ1n) is 7.06. The third-order valence-electron chi connectivity index (χ3n) is 3.71. The second-order valence-corrected chi connectivity index (χ2v) is 6.08. The molecule has 0 aliphatic carbocycles. The summed E-state index contributed by atoms with van der Waals surface area (Å²) in [5, 5.41) is 9.23. The van der Waals surface area contributed by atoms with Crippen molar-refractivity contribution in [2.24, 2.45) is 0 Å². The van der Waals surface area contributed by atoms with Gasteiger partial charge in [-0.05, 0) is 37.4 Å². The summed E-state index contributed by atoms with van der Waals surface area (Å²) >= 11 is 1.52. The van der Waals surface area contributed by atoms with Crippen molar-refractivity contribution in [2.75, 3.05) is 11.2 Å². The van der Waals surface area contributed by atoms with Gasteiger partial charge in [0.05, 0.1) is 11.4 Å². The predicted octanol–water partition coefficient (Wildman–Crippen LogP) is 3.80. The molecule has 23 heavy (non-hydrogen) atoms. The average molecular weight is 325 g/mol. The molecule has 1 heterocycles. The van der Waals surface area contributed by atoms with E-state index in [-0.39, 0.29) is 5.91 Å². The van der Waals surface area contributed by atoms with Crippen molar-refractivity contribution in [2.45, 2.75) is 11.8 Å². The summed E-state index contributed by atoms with van der Waals surface area (Å²) in [6, 6.07) is 13.0. The van der Waals surface area contributed by atoms with Crippen molar-refractivity contribution in [3.8, 4) is 0 Å². The molecule has 116 valence electrons. The van der Waals surface area contributed by atoms with Crippen molar-refractivity contribution in [3.63, 3.8) is 0 Å². The lowest BCUT2D eigenvalue weighted by Gasteiger charge is -2.20. The molecular formula is C18H15NO3S. The summed E-state index contributed by atoms with van der Waals surface area (Å²) < 4.78 is 0. The fourth-order valence-electron chi connectivity index (χ4n) is 2.72. The van der Waals surface area contributed by atoms with Crippen LogP contribution >= 0.6 is 11.8 Å². The van der Waals surface area contributed by atoms with Crippen molar-refractivity contribution < 1.29 is 14.7 Å². The van der Waals surface area contributed by atoms with Gasteiger partial charge in [-0.2, -0.15) is 0 Å². The van der Waals surface area contributed by atoms with Gasteiger partial charge in [-0.25, -0.2) is 4.79 Å². The highest BCUT2D eigenvalue weighted by molar-refractivity contribution is 7.98. The molecule has 0 radical (unpaired) electrons. The molecule has 0 bridgehead atoms. The Labute approximate surface area is 138 Å². The Morgan fingerprint density at radius 2 is 1.91 bits per heavy atom. The molecule has 1 N–H and O–H groups in total. The number of fused-ring (bicyclic) bond motifs is 1. The van der Waals surface area contributed by atoms with Crippen LogP contribution in [0.3, 0.4) is 0 Å². The van der Waals surface area contributed by atoms with Crippen LogP contribution in [0.4, 0.5) is 5.69 Å². The Balaban J connectivity index is 2.25. The van der Waals surface area contributed by atoms with Gasteiger partial charge in [-0.3, -0.25) is 9.69 Å². The molecule has 3 rings (SSSR count). The number of carbonyl (C=O) groups excluding carboxylic acids is 1. The number of nitrogens with zero attached hydrogens (tertiary/aromatic N) is 1. The molecular weight excluding hydrogens is 310 g/mol. The first-order chi connectivity index (χ1) is 11.0. The average Bonchev–Trinajstić information content (AvgIpc) is 2.78. The number of carboxylic acids is 1. The van der Waals surface area contributed by atoms with Crippen LogP contribution in [0.5, 0.6) is 0 Å². The van der Waals surface area contributed by atoms with E-state index in [1.54, 1.807) is 6.07 Å². The van der Waals surface area contributed by atoms with Gasteiger partial charge in [0, 0.05) is 22.1 Å². The Bertz CT molecular complexity index is 842. The molecule has 4 nitrogen and oxygen atoms in total. The van der Waals surface area contributed by atoms with Gasteiger partial charge in [0.2, 0.25) is 0 Å². The first kappa shape index (κ1) is 15.4. The zero-order valence-electron chi connectivity index (χ0n) is 12.7. The van der Waals surface area contributed by atoms with Gasteiger partial charge in [-0.1, -0.05) is 23.8 Å². The van der Waals surface area contributed by atoms with Crippen LogP contribution < -0.4 is 4.90 Å². The van der Waals surface area contributed by atoms with E-state index in [9.17, 15) is 14.7 Å². The summed E-state index contributed by atoms with van der Waals surface area (Å²) in [6.45, 7) is 1.92. The normalized spacial score (nSPS) is 15.1. The molecule has 2 aromatic carbocycles. The summed E-state index contributed by atoms with van der Waals surface area (Å²) in [5.74, 6) is -1.28. The second-order valence-electron chi connectivity index (χ2n) is 5.23. The van der Waals surface area contributed by atoms with E-state index in [2.05, 4.69) is 0 Å². The van der Waals surface area contributed by atoms with Gasteiger partial charge in [-0.15, -0.1) is 11.8 Å². The molecule has 0 fully saturated rings. The lowest BCUT2D eigenvalue weighted by molar-refractivity contribution is -0.131. The van der Waals surface area contributed by atoms with Crippen molar-refractivity contribution in [1.29, 1.82) is 0 Å². The highest BCUT2D eigenvalue weighted by atomic mass is 32.2. The Kier molecular flexibility index (Phi) is 3.96. The van der Waals surface area contributed by atoms with E-state index >= 15 is 0 Å². The summed E-state index contributed by atoms with van der Waals surface area (Å²) in [7, 11) is 0. The first-order valence-corrected chi connectivity index (χ1v) is 8.28. The molecule has 0 saturated heterocycles. The minimum atomic E-state index is -1.08. The van der Waals surface area contributed by atoms with Crippen LogP contribution in [0, 0.1) is 6.92 Å². The minimum absolute atomic E-state index is 0.200. The number of aliphatic carboxylic acids is 1. The maximum absolute atomic E-state index is 12.9. The molecule has 0 spiro atoms. The Hall–Kier alpha value is -2.53. The van der Waals surface area contributed by atoms with Crippen LogP contribution in [0.2, 0.25) is 0 Å². The zero-order chi connectivity index (χ0) is 16.6. The molecule has 5 heteroatoms. The molecule has 2 aromatic rings. The highest BCUT2D eigenvalue weighted by Crippen LogP contribution is 2.40. The Morgan fingerprint density at radius 1 is 1.17 bits per heavy atom. The van der Waals surface area contributed by atoms with Crippen LogP contribution in [-0.4, -0.2) is 23.2 Å². The monoisotopic (exact) mass is 325 g/mol. The standard InChI is InChI=1S/C18H15NO3S/c1-11-7-8-12-13(9-11)15(10-17(20)21)19(18(12)22)14-5-3-4-6-16(14)23-2/h3-10H,1-2H3,(H,20,21)/b15-10+. The van der Waals surface area contributed by atoms with Gasteiger partial charge in [0.1, 0.15) is 0 Å². The number of amides is 1. The lowest BCUT2D eigenvalue weighted by Crippen LogP contribution is -2.23. The molecule has 0 unspecified atom stereocenters. The summed E-state index contributed by atoms with van der Waals surface area (Å²) in [5.41, 5.74) is 3.27. The van der Waals surface area contributed by atoms with Crippen LogP contribution in [0.15, 0.2) is 53.4 Å². The largest absolute Gasteiger partial charge is 0.478 e. The molecule has 1 amide bonds. The maximum Gasteiger partial charge on any atom is 0.330 e. The van der Waals surface area contributed by atoms with Crippen LogP contribution in [0.1, 0.15) is 21.5 Å². The molecule has 0 atom stereocenters. The third kappa shape index (κ3) is 2.64. The number of thioether (sulfide) groups is 1. The van der Waals surface area contributed by atoms with E-state index in [1.165, 1.54) is 16.7 Å². The van der Waals surface area contributed by atoms with Gasteiger partial charge < -0.3 is 5.11 Å². The van der Waals surface area contributed by atoms with Gasteiger partial charge in [0.25, 0.3) is 5.91 Å². The quantitative estimate of drug-likeness (QED) is 0.689. The van der Waals surface area contributed by atoms with E-state index in [4.69, 9.17) is 0 Å². The van der Waals surface area contributed by atoms with Gasteiger partial charge in [0.15, 0.2) is 0 Å². The number of hydrogen-bond donors (Lipinski definition) is 1. The van der Waals surface area contributed by atoms with E-state index < -0.39 is 5.97 Å². The number of anilines is 1. The lowest BCUT2D eigenvalue weighted by atomic mass is 10.0. The van der Waals surface area contributed by atoms with Gasteiger partial charge >= 0.3 is 5.97 Å². The SMILES string of the molecule is CSc1ccccc1N1C(=O)c2ccc(C)cc2/C1=C\C(=O)O. The maximum atomic E-state index is 12.9. The van der Waals surface area contributed by atoms with Crippen LogP contribution in [0.25, 0.3) is 5.70 Å². The molecule has 1 aliphatic heterocycles. The smallest absolute Gasteiger partial charge is 0.330 e. The molecule has 0 saturated carbocycles. The third-order valence-corrected chi connectivity index (χ3v) is 4.50. The number of aryl methyl sites for hydroxylation is 1. The fourth-order valence-corrected chi connectivity index (χ4v) is 3.30. The predicted molar refractivity (Wildman–Crippen MR) is 91.8 cm³/mol. The zero-order valence-corrected chi connectivity index (χ0v) is 13.6. The van der Waals surface area contributed by atoms with Crippen molar-refractivity contribution in [3.05, 3.63) is 65.2 Å². The number of para-hydroxylation sites is 1. The second kappa shape index (κ2) is 5.93. The van der Waals surface area contributed by atoms with Crippen molar-refractivity contribution in [1.82, 2.24) is 0 Å². The van der Waals surface area contributed by atoms with Crippen LogP contribution in [-0.2, 0) is 4.79 Å². The minimum Gasteiger partial charge on any atom is -0.478 e. The van der Waals surface area contributed by atoms with E-state index in [1.807, 2.05) is 49.6 Å².